The first kappa shape index (κ1) is 45.3. The van der Waals surface area contributed by atoms with E-state index in [-0.39, 0.29) is 33.5 Å². The summed E-state index contributed by atoms with van der Waals surface area (Å²) in [7, 11) is -19.7. The maximum absolute atomic E-state index is 13.0. The van der Waals surface area contributed by atoms with Gasteiger partial charge in [-0.1, -0.05) is 17.8 Å². The fraction of sp³-hybridized carbons (Fsp3) is 0. The van der Waals surface area contributed by atoms with E-state index in [2.05, 4.69) is 26.4 Å². The van der Waals surface area contributed by atoms with Crippen molar-refractivity contribution in [1.29, 1.82) is 0 Å². The highest BCUT2D eigenvalue weighted by atomic mass is 32.2. The van der Waals surface area contributed by atoms with Crippen LogP contribution in [0, 0.1) is 0 Å². The first-order valence-electron chi connectivity index (χ1n) is 17.6. The Balaban J connectivity index is 0.979. The molecular weight excluding hydrogens is 939 g/mol. The average Bonchev–Trinajstić information content (AvgIpc) is 3.22. The molecule has 7 rings (SSSR count). The van der Waals surface area contributed by atoms with E-state index in [4.69, 9.17) is 0 Å². The number of fused-ring (bicyclic) bond motifs is 2. The zero-order chi connectivity index (χ0) is 46.4. The van der Waals surface area contributed by atoms with E-state index in [1.165, 1.54) is 36.0 Å². The highest BCUT2D eigenvalue weighted by molar-refractivity contribution is 7.99. The van der Waals surface area contributed by atoms with Crippen LogP contribution in [-0.4, -0.2) is 80.8 Å². The van der Waals surface area contributed by atoms with Gasteiger partial charge in [-0.2, -0.15) is 43.9 Å². The maximum atomic E-state index is 13.0. The second-order valence-corrected chi connectivity index (χ2v) is 20.2. The molecule has 0 heterocycles. The van der Waals surface area contributed by atoms with Crippen LogP contribution in [-0.2, 0) is 50.1 Å². The van der Waals surface area contributed by atoms with Gasteiger partial charge in [-0.25, -0.2) is 0 Å². The van der Waals surface area contributed by atoms with Crippen molar-refractivity contribution in [2.24, 2.45) is 10.2 Å². The van der Waals surface area contributed by atoms with Crippen molar-refractivity contribution in [2.75, 3.05) is 16.2 Å². The van der Waals surface area contributed by atoms with Crippen molar-refractivity contribution in [3.8, 4) is 0 Å². The molecule has 328 valence electrons. The van der Waals surface area contributed by atoms with Crippen molar-refractivity contribution >= 4 is 110 Å². The Morgan fingerprint density at radius 1 is 0.547 bits per heavy atom. The number of ketones is 2. The van der Waals surface area contributed by atoms with E-state index in [9.17, 15) is 66.3 Å². The van der Waals surface area contributed by atoms with E-state index in [1.807, 2.05) is 0 Å². The summed E-state index contributed by atoms with van der Waals surface area (Å²) in [6.07, 6.45) is 2.80. The van der Waals surface area contributed by atoms with Crippen LogP contribution in [0.1, 0.15) is 32.6 Å². The second kappa shape index (κ2) is 17.1. The molecule has 2 aliphatic rings. The van der Waals surface area contributed by atoms with Gasteiger partial charge in [0.05, 0.1) is 21.2 Å². The maximum Gasteiger partial charge on any atom is 0.298 e. The number of amides is 1. The number of hydrogen-bond acceptors (Lipinski definition) is 16. The van der Waals surface area contributed by atoms with Gasteiger partial charge in [0.15, 0.2) is 0 Å². The van der Waals surface area contributed by atoms with Crippen molar-refractivity contribution in [1.82, 2.24) is 0 Å². The van der Waals surface area contributed by atoms with E-state index >= 15 is 0 Å². The number of rotatable bonds is 12. The molecule has 64 heavy (non-hydrogen) atoms. The third kappa shape index (κ3) is 10.1. The number of benzene rings is 5. The topological polar surface area (TPSA) is 330 Å². The molecule has 0 unspecified atom stereocenters. The van der Waals surface area contributed by atoms with Crippen LogP contribution in [0.5, 0.6) is 0 Å². The Labute approximate surface area is 367 Å². The van der Waals surface area contributed by atoms with Gasteiger partial charge >= 0.3 is 0 Å². The molecule has 0 spiro atoms. The molecule has 0 atom stereocenters. The zero-order valence-electron chi connectivity index (χ0n) is 31.8. The molecule has 0 aromatic heterocycles. The third-order valence-electron chi connectivity index (χ3n) is 9.10. The Morgan fingerprint density at radius 2 is 1.09 bits per heavy atom. The van der Waals surface area contributed by atoms with Crippen LogP contribution in [0.4, 0.5) is 17.1 Å². The van der Waals surface area contributed by atoms with Crippen molar-refractivity contribution < 1.29 is 66.3 Å². The Morgan fingerprint density at radius 3 is 1.64 bits per heavy atom. The summed E-state index contributed by atoms with van der Waals surface area (Å²) in [5, 5.41) is 10.8. The van der Waals surface area contributed by atoms with Crippen LogP contribution >= 0.6 is 11.8 Å². The van der Waals surface area contributed by atoms with E-state index in [1.54, 1.807) is 48.5 Å². The number of carbonyl (C=O) groups is 3. The Bertz CT molecular complexity index is 3410. The van der Waals surface area contributed by atoms with Gasteiger partial charge in [-0.05, 0) is 121 Å². The van der Waals surface area contributed by atoms with Gasteiger partial charge in [-0.15, -0.1) is 0 Å². The highest BCUT2D eigenvalue weighted by Gasteiger charge is 2.34. The van der Waals surface area contributed by atoms with E-state index in [0.717, 1.165) is 52.3 Å². The second-order valence-electron chi connectivity index (χ2n) is 13.4. The fourth-order valence-electron chi connectivity index (χ4n) is 6.08. The normalized spacial score (nSPS) is 15.3. The van der Waals surface area contributed by atoms with Gasteiger partial charge in [-0.3, -0.25) is 43.4 Å². The number of hydrazone groups is 2. The molecule has 2 aliphatic carbocycles. The minimum Gasteiger partial charge on any atom is -0.322 e. The third-order valence-corrected chi connectivity index (χ3v) is 13.6. The Hall–Kier alpha value is -6.68. The number of nitrogens with one attached hydrogen (secondary N) is 3. The summed E-state index contributed by atoms with van der Waals surface area (Å²) < 4.78 is 133. The number of hydrogen-bond donors (Lipinski definition) is 7. The van der Waals surface area contributed by atoms with Crippen LogP contribution in [0.15, 0.2) is 149 Å². The van der Waals surface area contributed by atoms with Crippen LogP contribution < -0.4 is 16.2 Å². The van der Waals surface area contributed by atoms with Crippen molar-refractivity contribution in [2.45, 2.75) is 24.5 Å². The Kier molecular flexibility index (Phi) is 12.1. The predicted octanol–water partition coefficient (Wildman–Crippen LogP) is 4.87. The largest absolute Gasteiger partial charge is 0.322 e. The lowest BCUT2D eigenvalue weighted by Gasteiger charge is -2.17. The van der Waals surface area contributed by atoms with Gasteiger partial charge in [0.2, 0.25) is 11.6 Å². The summed E-state index contributed by atoms with van der Waals surface area (Å²) in [5.74, 6) is -2.38. The number of Topliss-reactive ketones (excluding diaryl/α,β-unsaturated/α-hetero) is 1. The lowest BCUT2D eigenvalue weighted by molar-refractivity contribution is -0.109. The molecule has 0 bridgehead atoms. The molecule has 5 aromatic carbocycles. The SMILES string of the molecule is O=C1C=Cc2c(cc(S(=O)(=O)O)cc2S(=O)(=O)O)C1=NNc1ccc(C(=O)Nc2ccc(Sc3ccc(NN=C4C(=O)C(S(=O)(=O)O)=Cc5cc(S(=O)(=O)O)ccc54)cc3)cc2)cc1. The molecule has 0 radical (unpaired) electrons. The molecule has 0 aliphatic heterocycles. The molecule has 25 heteroatoms. The summed E-state index contributed by atoms with van der Waals surface area (Å²) in [5.41, 5.74) is 5.08. The quantitative estimate of drug-likeness (QED) is 0.0648. The molecular formula is C39H27N5O15S5. The smallest absolute Gasteiger partial charge is 0.298 e. The van der Waals surface area contributed by atoms with Crippen LogP contribution in [0.3, 0.4) is 0 Å². The monoisotopic (exact) mass is 965 g/mol. The van der Waals surface area contributed by atoms with Crippen molar-refractivity contribution in [3.05, 3.63) is 142 Å². The summed E-state index contributed by atoms with van der Waals surface area (Å²) >= 11 is 1.36. The van der Waals surface area contributed by atoms with Crippen molar-refractivity contribution in [3.63, 3.8) is 0 Å². The molecule has 1 amide bonds. The van der Waals surface area contributed by atoms with E-state index < -0.39 is 89.0 Å². The summed E-state index contributed by atoms with van der Waals surface area (Å²) in [6.45, 7) is 0. The summed E-state index contributed by atoms with van der Waals surface area (Å²) in [6, 6.07) is 23.8. The van der Waals surface area contributed by atoms with Gasteiger partial charge in [0.25, 0.3) is 46.4 Å². The standard InChI is InChI=1S/C39H27N5O15S5/c45-33-16-15-31-32(19-29(62(51,52)53)20-34(31)63(54,55)56)36(33)43-41-24-3-1-21(2-4-24)39(47)40-23-5-9-26(10-6-23)60-27-11-7-25(8-12-27)42-44-37-30-14-13-28(61(48,49)50)17-22(30)18-35(38(37)46)64(57,58)59/h1-20,41-42H,(H,40,47)(H,48,49,50)(H,51,52,53)(H,54,55,56)(H,57,58,59). The number of nitrogens with zero attached hydrogens (tertiary/aromatic N) is 2. The molecule has 0 saturated heterocycles. The van der Waals surface area contributed by atoms with Gasteiger partial charge in [0, 0.05) is 37.7 Å². The average molecular weight is 966 g/mol. The molecule has 5 aromatic rings. The number of anilines is 3. The van der Waals surface area contributed by atoms with E-state index in [0.29, 0.717) is 17.4 Å². The molecule has 0 saturated carbocycles. The number of allylic oxidation sites excluding steroid dienone is 2. The zero-order valence-corrected chi connectivity index (χ0v) is 35.8. The highest BCUT2D eigenvalue weighted by Crippen LogP contribution is 2.32. The number of carbonyl (C=O) groups excluding carboxylic acids is 3. The summed E-state index contributed by atoms with van der Waals surface area (Å²) in [4.78, 5) is 36.9. The predicted molar refractivity (Wildman–Crippen MR) is 233 cm³/mol. The van der Waals surface area contributed by atoms with Crippen LogP contribution in [0.2, 0.25) is 0 Å². The lowest BCUT2D eigenvalue weighted by atomic mass is 9.94. The minimum absolute atomic E-state index is 0.0361. The lowest BCUT2D eigenvalue weighted by Crippen LogP contribution is -2.27. The molecule has 20 nitrogen and oxygen atoms in total. The van der Waals surface area contributed by atoms with Gasteiger partial charge < -0.3 is 5.32 Å². The van der Waals surface area contributed by atoms with Gasteiger partial charge in [0.1, 0.15) is 21.2 Å². The van der Waals surface area contributed by atoms with Crippen LogP contribution in [0.25, 0.3) is 12.2 Å². The first-order valence-corrected chi connectivity index (χ1v) is 24.2. The molecule has 0 fully saturated rings. The fourth-order valence-corrected chi connectivity index (χ4v) is 9.36. The first-order chi connectivity index (χ1) is 30.0. The minimum atomic E-state index is -5.04. The molecule has 7 N–H and O–H groups in total.